The van der Waals surface area contributed by atoms with Crippen LogP contribution in [0, 0.1) is 0 Å². The molecule has 7 rings (SSSR count). The van der Waals surface area contributed by atoms with Crippen LogP contribution in [0.3, 0.4) is 0 Å². The summed E-state index contributed by atoms with van der Waals surface area (Å²) in [6.07, 6.45) is -4.35. The highest BCUT2D eigenvalue weighted by molar-refractivity contribution is 9.10. The molecular weight excluding hydrogens is 721 g/mol. The van der Waals surface area contributed by atoms with Crippen LogP contribution in [-0.4, -0.2) is 47.5 Å². The average Bonchev–Trinajstić information content (AvgIpc) is 3.14. The highest BCUT2D eigenvalue weighted by atomic mass is 79.9. The molecule has 0 aromatic heterocycles. The topological polar surface area (TPSA) is 6.48 Å². The van der Waals surface area contributed by atoms with E-state index in [-0.39, 0.29) is 5.56 Å². The fraction of sp³-hybridized carbons (Fsp3) is 0.268. The van der Waals surface area contributed by atoms with Crippen LogP contribution in [0.2, 0.25) is 0 Å². The Balaban J connectivity index is 0.000000182. The van der Waals surface area contributed by atoms with Gasteiger partial charge in [0, 0.05) is 65.7 Å². The van der Waals surface area contributed by atoms with Crippen molar-refractivity contribution in [3.63, 3.8) is 0 Å². The Morgan fingerprint density at radius 3 is 1.51 bits per heavy atom. The van der Waals surface area contributed by atoms with Gasteiger partial charge in [0.25, 0.3) is 0 Å². The van der Waals surface area contributed by atoms with E-state index in [1.54, 1.807) is 18.2 Å². The summed E-state index contributed by atoms with van der Waals surface area (Å²) in [4.78, 5) is 4.99. The molecule has 2 nitrogen and oxygen atoms in total. The number of thioether (sulfide) groups is 2. The number of halogens is 4. The van der Waals surface area contributed by atoms with E-state index in [4.69, 9.17) is 0 Å². The highest BCUT2D eigenvalue weighted by Gasteiger charge is 2.33. The third-order valence-corrected chi connectivity index (χ3v) is 11.9. The van der Waals surface area contributed by atoms with Crippen molar-refractivity contribution in [2.75, 3.05) is 37.7 Å². The molecule has 49 heavy (non-hydrogen) atoms. The van der Waals surface area contributed by atoms with Gasteiger partial charge >= 0.3 is 6.18 Å². The first-order valence-corrected chi connectivity index (χ1v) is 19.5. The average molecular weight is 762 g/mol. The van der Waals surface area contributed by atoms with Gasteiger partial charge in [-0.25, -0.2) is 0 Å². The number of benzene rings is 5. The Hall–Kier alpha value is -3.01. The normalized spacial score (nSPS) is 18.8. The molecule has 2 heterocycles. The molecule has 2 unspecified atom stereocenters. The first-order valence-electron chi connectivity index (χ1n) is 16.6. The predicted octanol–water partition coefficient (Wildman–Crippen LogP) is 11.4. The molecule has 2 aliphatic rings. The Morgan fingerprint density at radius 1 is 0.571 bits per heavy atom. The second-order valence-electron chi connectivity index (χ2n) is 12.4. The second kappa shape index (κ2) is 17.3. The number of hydrogen-bond donors (Lipinski definition) is 0. The van der Waals surface area contributed by atoms with Gasteiger partial charge in [-0.15, -0.1) is 0 Å². The van der Waals surface area contributed by atoms with Crippen molar-refractivity contribution in [1.29, 1.82) is 0 Å². The minimum Gasteiger partial charge on any atom is -0.297 e. The molecule has 5 aromatic carbocycles. The van der Waals surface area contributed by atoms with Crippen molar-refractivity contribution >= 4 is 39.5 Å². The van der Waals surface area contributed by atoms with Gasteiger partial charge in [-0.05, 0) is 51.6 Å². The van der Waals surface area contributed by atoms with Gasteiger partial charge in [0.05, 0.1) is 5.56 Å². The maximum Gasteiger partial charge on any atom is 0.417 e. The second-order valence-corrected chi connectivity index (χ2v) is 15.9. The van der Waals surface area contributed by atoms with E-state index in [0.29, 0.717) is 16.1 Å². The molecule has 0 aliphatic carbocycles. The predicted molar refractivity (Wildman–Crippen MR) is 205 cm³/mol. The van der Waals surface area contributed by atoms with E-state index in [1.165, 1.54) is 41.1 Å². The van der Waals surface area contributed by atoms with Crippen LogP contribution < -0.4 is 0 Å². The SMILES string of the molecule is Brc1ccc(CN2CCSC(c3ccccc3)C2)cc1.FC(F)(F)c1ccccc1-c1ccc(CN2CCSC(c3ccccc3)C2)cc1. The molecule has 0 bridgehead atoms. The Morgan fingerprint density at radius 2 is 1.02 bits per heavy atom. The fourth-order valence-electron chi connectivity index (χ4n) is 6.31. The molecule has 2 aliphatic heterocycles. The molecule has 8 heteroatoms. The first-order chi connectivity index (χ1) is 23.8. The van der Waals surface area contributed by atoms with Crippen molar-refractivity contribution in [3.8, 4) is 11.1 Å². The third-order valence-electron chi connectivity index (χ3n) is 8.87. The Bertz CT molecular complexity index is 1740. The van der Waals surface area contributed by atoms with E-state index >= 15 is 0 Å². The first kappa shape index (κ1) is 35.8. The maximum absolute atomic E-state index is 13.3. The summed E-state index contributed by atoms with van der Waals surface area (Å²) in [5, 5.41) is 1.07. The lowest BCUT2D eigenvalue weighted by molar-refractivity contribution is -0.137. The van der Waals surface area contributed by atoms with E-state index in [9.17, 15) is 13.2 Å². The number of hydrogen-bond acceptors (Lipinski definition) is 4. The highest BCUT2D eigenvalue weighted by Crippen LogP contribution is 2.38. The van der Waals surface area contributed by atoms with Crippen LogP contribution in [0.25, 0.3) is 11.1 Å². The van der Waals surface area contributed by atoms with E-state index < -0.39 is 11.7 Å². The molecule has 5 aromatic rings. The molecular formula is C41H40BrF3N2S2. The van der Waals surface area contributed by atoms with E-state index in [0.717, 1.165) is 54.6 Å². The van der Waals surface area contributed by atoms with Gasteiger partial charge in [-0.2, -0.15) is 36.7 Å². The summed E-state index contributed by atoms with van der Waals surface area (Å²) >= 11 is 7.56. The Labute approximate surface area is 305 Å². The van der Waals surface area contributed by atoms with Gasteiger partial charge in [-0.1, -0.05) is 131 Å². The van der Waals surface area contributed by atoms with Gasteiger partial charge in [-0.3, -0.25) is 9.80 Å². The van der Waals surface area contributed by atoms with Gasteiger partial charge in [0.1, 0.15) is 0 Å². The maximum atomic E-state index is 13.3. The number of alkyl halides is 3. The molecule has 254 valence electrons. The van der Waals surface area contributed by atoms with E-state index in [2.05, 4.69) is 116 Å². The number of nitrogens with zero attached hydrogens (tertiary/aromatic N) is 2. The zero-order valence-corrected chi connectivity index (χ0v) is 30.5. The number of rotatable bonds is 7. The van der Waals surface area contributed by atoms with Crippen molar-refractivity contribution < 1.29 is 13.2 Å². The van der Waals surface area contributed by atoms with Crippen LogP contribution in [0.1, 0.15) is 38.3 Å². The Kier molecular flexibility index (Phi) is 12.6. The fourth-order valence-corrected chi connectivity index (χ4v) is 9.20. The summed E-state index contributed by atoms with van der Waals surface area (Å²) in [7, 11) is 0. The minimum atomic E-state index is -4.35. The van der Waals surface area contributed by atoms with Gasteiger partial charge in [0.2, 0.25) is 0 Å². The summed E-state index contributed by atoms with van der Waals surface area (Å²) in [5.74, 6) is 2.30. The standard InChI is InChI=1S/C24H22F3NS.C17H18BrNS/c25-24(26,27)22-9-5-4-8-21(22)19-12-10-18(11-13-19)16-28-14-15-29-23(17-28)20-6-2-1-3-7-20;18-16-8-6-14(7-9-16)12-19-10-11-20-17(13-19)15-4-2-1-3-5-15/h1-13,23H,14-17H2;1-9,17H,10-13H2. The molecule has 2 fully saturated rings. The van der Waals surface area contributed by atoms with Crippen molar-refractivity contribution in [2.24, 2.45) is 0 Å². The smallest absolute Gasteiger partial charge is 0.297 e. The quantitative estimate of drug-likeness (QED) is 0.163. The molecule has 0 amide bonds. The zero-order valence-electron chi connectivity index (χ0n) is 27.2. The largest absolute Gasteiger partial charge is 0.417 e. The molecule has 2 saturated heterocycles. The molecule has 0 saturated carbocycles. The monoisotopic (exact) mass is 760 g/mol. The van der Waals surface area contributed by atoms with Crippen LogP contribution in [-0.2, 0) is 19.3 Å². The molecule has 0 radical (unpaired) electrons. The lowest BCUT2D eigenvalue weighted by atomic mass is 9.98. The summed E-state index contributed by atoms with van der Waals surface area (Å²) in [5.41, 5.74) is 5.55. The van der Waals surface area contributed by atoms with Gasteiger partial charge < -0.3 is 0 Å². The summed E-state index contributed by atoms with van der Waals surface area (Å²) < 4.78 is 41.0. The van der Waals surface area contributed by atoms with Crippen molar-refractivity contribution in [1.82, 2.24) is 9.80 Å². The zero-order chi connectivity index (χ0) is 34.1. The van der Waals surface area contributed by atoms with E-state index in [1.807, 2.05) is 30.0 Å². The van der Waals surface area contributed by atoms with Crippen LogP contribution >= 0.6 is 39.5 Å². The third kappa shape index (κ3) is 10.3. The van der Waals surface area contributed by atoms with Gasteiger partial charge in [0.15, 0.2) is 0 Å². The van der Waals surface area contributed by atoms with Crippen LogP contribution in [0.15, 0.2) is 138 Å². The van der Waals surface area contributed by atoms with Crippen LogP contribution in [0.5, 0.6) is 0 Å². The van der Waals surface area contributed by atoms with Crippen molar-refractivity contribution in [3.05, 3.63) is 166 Å². The summed E-state index contributed by atoms with van der Waals surface area (Å²) in [6.45, 7) is 6.19. The lowest BCUT2D eigenvalue weighted by Gasteiger charge is -2.32. The summed E-state index contributed by atoms with van der Waals surface area (Å²) in [6, 6.07) is 43.3. The molecule has 2 atom stereocenters. The molecule has 0 N–H and O–H groups in total. The lowest BCUT2D eigenvalue weighted by Crippen LogP contribution is -2.33. The van der Waals surface area contributed by atoms with Crippen molar-refractivity contribution in [2.45, 2.75) is 29.8 Å². The molecule has 0 spiro atoms. The van der Waals surface area contributed by atoms with Crippen LogP contribution in [0.4, 0.5) is 13.2 Å². The minimum absolute atomic E-state index is 0.227.